The SMILES string of the molecule is CC(C)N1CCc2c(sc3c2C(=O)N[C@H](c2ccc(F)cc2)N3)C1. The minimum absolute atomic E-state index is 0.0337. The Hall–Kier alpha value is -1.92. The molecule has 0 saturated carbocycles. The van der Waals surface area contributed by atoms with Crippen LogP contribution in [-0.4, -0.2) is 23.4 Å². The van der Waals surface area contributed by atoms with Crippen LogP contribution in [0.3, 0.4) is 0 Å². The quantitative estimate of drug-likeness (QED) is 0.875. The minimum Gasteiger partial charge on any atom is -0.353 e. The molecule has 2 aromatic rings. The Kier molecular flexibility index (Phi) is 3.81. The summed E-state index contributed by atoms with van der Waals surface area (Å²) in [4.78, 5) is 16.4. The molecule has 24 heavy (non-hydrogen) atoms. The van der Waals surface area contributed by atoms with E-state index in [1.165, 1.54) is 22.6 Å². The van der Waals surface area contributed by atoms with Crippen LogP contribution in [0.1, 0.15) is 46.4 Å². The van der Waals surface area contributed by atoms with Crippen molar-refractivity contribution < 1.29 is 9.18 Å². The van der Waals surface area contributed by atoms with Gasteiger partial charge in [0.1, 0.15) is 17.0 Å². The van der Waals surface area contributed by atoms with Crippen LogP contribution in [0.15, 0.2) is 24.3 Å². The first-order valence-corrected chi connectivity index (χ1v) is 9.06. The van der Waals surface area contributed by atoms with E-state index in [0.717, 1.165) is 35.6 Å². The van der Waals surface area contributed by atoms with E-state index in [0.29, 0.717) is 6.04 Å². The molecule has 0 radical (unpaired) electrons. The molecule has 0 fully saturated rings. The fraction of sp³-hybridized carbons (Fsp3) is 0.389. The van der Waals surface area contributed by atoms with Crippen molar-refractivity contribution in [3.8, 4) is 0 Å². The molecule has 126 valence electrons. The van der Waals surface area contributed by atoms with E-state index < -0.39 is 0 Å². The monoisotopic (exact) mass is 345 g/mol. The Morgan fingerprint density at radius 1 is 1.25 bits per heavy atom. The number of halogens is 1. The summed E-state index contributed by atoms with van der Waals surface area (Å²) in [6.45, 7) is 6.30. The van der Waals surface area contributed by atoms with Crippen LogP contribution in [0.2, 0.25) is 0 Å². The zero-order valence-corrected chi connectivity index (χ0v) is 14.5. The molecule has 2 aliphatic heterocycles. The van der Waals surface area contributed by atoms with Crippen molar-refractivity contribution in [1.29, 1.82) is 0 Å². The third-order valence-corrected chi connectivity index (χ3v) is 5.95. The van der Waals surface area contributed by atoms with Gasteiger partial charge in [-0.25, -0.2) is 4.39 Å². The zero-order valence-electron chi connectivity index (χ0n) is 13.7. The molecule has 0 saturated heterocycles. The summed E-state index contributed by atoms with van der Waals surface area (Å²) in [5.41, 5.74) is 2.84. The van der Waals surface area contributed by atoms with Crippen LogP contribution in [0.25, 0.3) is 0 Å². The molecule has 3 heterocycles. The maximum Gasteiger partial charge on any atom is 0.256 e. The second-order valence-electron chi connectivity index (χ2n) is 6.62. The molecule has 2 N–H and O–H groups in total. The predicted octanol–water partition coefficient (Wildman–Crippen LogP) is 3.51. The lowest BCUT2D eigenvalue weighted by atomic mass is 9.99. The van der Waals surface area contributed by atoms with E-state index in [1.54, 1.807) is 23.5 Å². The van der Waals surface area contributed by atoms with Gasteiger partial charge in [-0.05, 0) is 43.5 Å². The highest BCUT2D eigenvalue weighted by Crippen LogP contribution is 2.40. The molecular weight excluding hydrogens is 325 g/mol. The van der Waals surface area contributed by atoms with Gasteiger partial charge in [-0.2, -0.15) is 0 Å². The van der Waals surface area contributed by atoms with Crippen LogP contribution in [-0.2, 0) is 13.0 Å². The zero-order chi connectivity index (χ0) is 16.8. The number of nitrogens with one attached hydrogen (secondary N) is 2. The maximum atomic E-state index is 13.1. The Morgan fingerprint density at radius 2 is 2.00 bits per heavy atom. The Labute approximate surface area is 144 Å². The number of amides is 1. The summed E-state index contributed by atoms with van der Waals surface area (Å²) < 4.78 is 13.1. The fourth-order valence-corrected chi connectivity index (χ4v) is 4.70. The molecular formula is C18H20FN3OS. The molecule has 0 spiro atoms. The highest BCUT2D eigenvalue weighted by Gasteiger charge is 2.33. The summed E-state index contributed by atoms with van der Waals surface area (Å²) in [5.74, 6) is -0.310. The van der Waals surface area contributed by atoms with Crippen molar-refractivity contribution in [2.24, 2.45) is 0 Å². The van der Waals surface area contributed by atoms with Crippen LogP contribution in [0.5, 0.6) is 0 Å². The number of thiophene rings is 1. The smallest absolute Gasteiger partial charge is 0.256 e. The van der Waals surface area contributed by atoms with Gasteiger partial charge >= 0.3 is 0 Å². The summed E-state index contributed by atoms with van der Waals surface area (Å²) >= 11 is 1.68. The second-order valence-corrected chi connectivity index (χ2v) is 7.73. The molecule has 2 aliphatic rings. The second kappa shape index (κ2) is 5.86. The number of benzene rings is 1. The summed E-state index contributed by atoms with van der Waals surface area (Å²) in [7, 11) is 0. The first-order chi connectivity index (χ1) is 11.5. The van der Waals surface area contributed by atoms with Crippen LogP contribution >= 0.6 is 11.3 Å². The number of rotatable bonds is 2. The standard InChI is InChI=1S/C18H20FN3OS/c1-10(2)22-8-7-13-14(9-22)24-18-15(13)17(23)20-16(21-18)11-3-5-12(19)6-4-11/h3-6,10,16,21H,7-9H2,1-2H3,(H,20,23)/t16-/m0/s1. The summed E-state index contributed by atoms with van der Waals surface area (Å²) in [6, 6.07) is 6.74. The van der Waals surface area contributed by atoms with Crippen molar-refractivity contribution in [1.82, 2.24) is 10.2 Å². The fourth-order valence-electron chi connectivity index (χ4n) is 3.40. The lowest BCUT2D eigenvalue weighted by Crippen LogP contribution is -2.39. The molecule has 0 bridgehead atoms. The van der Waals surface area contributed by atoms with Gasteiger partial charge in [0.05, 0.1) is 5.56 Å². The van der Waals surface area contributed by atoms with Gasteiger partial charge in [-0.1, -0.05) is 12.1 Å². The lowest BCUT2D eigenvalue weighted by molar-refractivity contribution is 0.0934. The first kappa shape index (κ1) is 15.6. The highest BCUT2D eigenvalue weighted by molar-refractivity contribution is 7.16. The molecule has 4 rings (SSSR count). The van der Waals surface area contributed by atoms with Gasteiger partial charge in [0.2, 0.25) is 0 Å². The number of hydrogen-bond donors (Lipinski definition) is 2. The topological polar surface area (TPSA) is 44.4 Å². The van der Waals surface area contributed by atoms with Crippen LogP contribution < -0.4 is 10.6 Å². The van der Waals surface area contributed by atoms with Crippen molar-refractivity contribution in [3.63, 3.8) is 0 Å². The van der Waals surface area contributed by atoms with E-state index in [-0.39, 0.29) is 17.9 Å². The molecule has 6 heteroatoms. The predicted molar refractivity (Wildman–Crippen MR) is 93.8 cm³/mol. The van der Waals surface area contributed by atoms with Gasteiger partial charge in [0, 0.05) is 24.0 Å². The molecule has 0 aliphatic carbocycles. The van der Waals surface area contributed by atoms with E-state index in [2.05, 4.69) is 29.4 Å². The molecule has 1 aromatic carbocycles. The number of nitrogens with zero attached hydrogens (tertiary/aromatic N) is 1. The first-order valence-electron chi connectivity index (χ1n) is 8.24. The number of fused-ring (bicyclic) bond motifs is 3. The average molecular weight is 345 g/mol. The number of hydrogen-bond acceptors (Lipinski definition) is 4. The molecule has 1 amide bonds. The Morgan fingerprint density at radius 3 is 2.71 bits per heavy atom. The Balaban J connectivity index is 1.65. The summed E-state index contributed by atoms with van der Waals surface area (Å²) in [6.07, 6.45) is 0.599. The van der Waals surface area contributed by atoms with E-state index >= 15 is 0 Å². The normalized spacial score (nSPS) is 20.3. The third-order valence-electron chi connectivity index (χ3n) is 4.80. The van der Waals surface area contributed by atoms with Gasteiger partial charge in [-0.3, -0.25) is 9.69 Å². The van der Waals surface area contributed by atoms with Crippen molar-refractivity contribution in [3.05, 3.63) is 51.7 Å². The Bertz CT molecular complexity index is 784. The number of anilines is 1. The van der Waals surface area contributed by atoms with E-state index in [1.807, 2.05) is 0 Å². The van der Waals surface area contributed by atoms with Crippen LogP contribution in [0.4, 0.5) is 9.39 Å². The van der Waals surface area contributed by atoms with Crippen LogP contribution in [0, 0.1) is 5.82 Å². The highest BCUT2D eigenvalue weighted by atomic mass is 32.1. The van der Waals surface area contributed by atoms with E-state index in [9.17, 15) is 9.18 Å². The molecule has 1 aromatic heterocycles. The number of carbonyl (C=O) groups is 1. The molecule has 1 atom stereocenters. The van der Waals surface area contributed by atoms with Gasteiger partial charge < -0.3 is 10.6 Å². The van der Waals surface area contributed by atoms with Gasteiger partial charge in [0.15, 0.2) is 0 Å². The van der Waals surface area contributed by atoms with Crippen molar-refractivity contribution >= 4 is 22.2 Å². The lowest BCUT2D eigenvalue weighted by Gasteiger charge is -2.30. The van der Waals surface area contributed by atoms with Gasteiger partial charge in [-0.15, -0.1) is 11.3 Å². The third kappa shape index (κ3) is 2.59. The summed E-state index contributed by atoms with van der Waals surface area (Å²) in [5, 5.41) is 7.34. The molecule has 4 nitrogen and oxygen atoms in total. The van der Waals surface area contributed by atoms with Crippen molar-refractivity contribution in [2.45, 2.75) is 39.0 Å². The minimum atomic E-state index is -0.313. The van der Waals surface area contributed by atoms with Gasteiger partial charge in [0.25, 0.3) is 5.91 Å². The largest absolute Gasteiger partial charge is 0.353 e. The average Bonchev–Trinajstić information content (AvgIpc) is 2.93. The van der Waals surface area contributed by atoms with Crippen molar-refractivity contribution in [2.75, 3.05) is 11.9 Å². The molecule has 0 unspecified atom stereocenters. The van der Waals surface area contributed by atoms with E-state index in [4.69, 9.17) is 0 Å². The maximum absolute atomic E-state index is 13.1. The number of carbonyl (C=O) groups excluding carboxylic acids is 1.